The number of Topliss-reactive ketones (excluding diaryl/α,β-unsaturated/α-hetero) is 1. The zero-order valence-electron chi connectivity index (χ0n) is 19.4. The number of esters is 1. The number of carbonyl (C=O) groups excluding carboxylic acids is 2. The Morgan fingerprint density at radius 3 is 2.55 bits per heavy atom. The normalized spacial score (nSPS) is 21.7. The number of benzene rings is 2. The van der Waals surface area contributed by atoms with E-state index in [1.165, 1.54) is 7.11 Å². The maximum atomic E-state index is 13.8. The molecule has 0 saturated heterocycles. The molecular weight excluding hydrogens is 420 g/mol. The zero-order valence-corrected chi connectivity index (χ0v) is 19.4. The van der Waals surface area contributed by atoms with E-state index in [0.29, 0.717) is 30.1 Å². The van der Waals surface area contributed by atoms with Crippen molar-refractivity contribution < 1.29 is 23.8 Å². The molecule has 2 aromatic carbocycles. The van der Waals surface area contributed by atoms with Crippen LogP contribution in [0.2, 0.25) is 0 Å². The summed E-state index contributed by atoms with van der Waals surface area (Å²) in [5, 5.41) is 7.00. The maximum Gasteiger partial charge on any atom is 0.316 e. The molecule has 1 aliphatic carbocycles. The summed E-state index contributed by atoms with van der Waals surface area (Å²) in [6.45, 7) is 4.45. The minimum absolute atomic E-state index is 0.191. The summed E-state index contributed by atoms with van der Waals surface area (Å²) in [7, 11) is 2.92. The Hall–Kier alpha value is -3.48. The Morgan fingerprint density at radius 1 is 1.09 bits per heavy atom. The lowest BCUT2D eigenvalue weighted by molar-refractivity contribution is -0.151. The number of anilines is 2. The SMILES string of the molecule is CCCOc1c(OC)cccc1[C@@H]1Nc2ccccc2NC2=C1C(=O)[C@H](C(=O)OC)[C@@H](C)C2. The van der Waals surface area contributed by atoms with Gasteiger partial charge >= 0.3 is 5.97 Å². The molecule has 1 heterocycles. The average Bonchev–Trinajstić information content (AvgIpc) is 2.98. The van der Waals surface area contributed by atoms with Crippen LogP contribution in [0.3, 0.4) is 0 Å². The molecule has 0 amide bonds. The number of allylic oxidation sites excluding steroid dienone is 1. The lowest BCUT2D eigenvalue weighted by Gasteiger charge is -2.33. The van der Waals surface area contributed by atoms with Crippen molar-refractivity contribution >= 4 is 23.1 Å². The molecule has 0 bridgehead atoms. The molecule has 33 heavy (non-hydrogen) atoms. The van der Waals surface area contributed by atoms with E-state index in [1.54, 1.807) is 7.11 Å². The van der Waals surface area contributed by atoms with E-state index in [0.717, 1.165) is 29.1 Å². The van der Waals surface area contributed by atoms with Gasteiger partial charge in [0.25, 0.3) is 0 Å². The van der Waals surface area contributed by atoms with Gasteiger partial charge in [0.15, 0.2) is 17.3 Å². The summed E-state index contributed by atoms with van der Waals surface area (Å²) < 4.78 is 16.7. The third-order valence-electron chi connectivity index (χ3n) is 6.22. The maximum absolute atomic E-state index is 13.8. The highest BCUT2D eigenvalue weighted by Gasteiger charge is 2.45. The quantitative estimate of drug-likeness (QED) is 0.487. The molecule has 7 nitrogen and oxygen atoms in total. The number of methoxy groups -OCH3 is 2. The summed E-state index contributed by atoms with van der Waals surface area (Å²) in [6.07, 6.45) is 1.37. The van der Waals surface area contributed by atoms with Crippen molar-refractivity contribution in [3.05, 3.63) is 59.3 Å². The third-order valence-corrected chi connectivity index (χ3v) is 6.22. The predicted octanol–water partition coefficient (Wildman–Crippen LogP) is 4.71. The summed E-state index contributed by atoms with van der Waals surface area (Å²) >= 11 is 0. The number of ketones is 1. The molecule has 174 valence electrons. The van der Waals surface area contributed by atoms with Gasteiger partial charge in [-0.05, 0) is 37.0 Å². The number of rotatable bonds is 6. The first kappa shape index (κ1) is 22.7. The standard InChI is InChI=1S/C26H30N2O5/c1-5-13-33-25-16(9-8-12-20(25)31-3)23-22-19(27-17-10-6-7-11-18(17)28-23)14-15(2)21(24(22)29)26(30)32-4/h6-12,15,21,23,27-28H,5,13-14H2,1-4H3/t15-,21+,23-/m0/s1. The molecule has 0 aromatic heterocycles. The molecule has 0 radical (unpaired) electrons. The van der Waals surface area contributed by atoms with E-state index in [9.17, 15) is 9.59 Å². The summed E-state index contributed by atoms with van der Waals surface area (Å²) in [4.78, 5) is 26.4. The van der Waals surface area contributed by atoms with Crippen molar-refractivity contribution in [1.29, 1.82) is 0 Å². The topological polar surface area (TPSA) is 85.9 Å². The van der Waals surface area contributed by atoms with Crippen molar-refractivity contribution in [2.45, 2.75) is 32.7 Å². The lowest BCUT2D eigenvalue weighted by atomic mass is 9.74. The minimum atomic E-state index is -0.855. The van der Waals surface area contributed by atoms with Crippen molar-refractivity contribution in [2.75, 3.05) is 31.5 Å². The van der Waals surface area contributed by atoms with E-state index in [2.05, 4.69) is 10.6 Å². The van der Waals surface area contributed by atoms with Crippen molar-refractivity contribution in [3.63, 3.8) is 0 Å². The van der Waals surface area contributed by atoms with Crippen LogP contribution in [0.15, 0.2) is 53.7 Å². The molecule has 3 atom stereocenters. The summed E-state index contributed by atoms with van der Waals surface area (Å²) in [6, 6.07) is 12.9. The minimum Gasteiger partial charge on any atom is -0.493 e. The average molecular weight is 451 g/mol. The number of ether oxygens (including phenoxy) is 3. The Bertz CT molecular complexity index is 1090. The Morgan fingerprint density at radius 2 is 1.85 bits per heavy atom. The van der Waals surface area contributed by atoms with Gasteiger partial charge in [-0.15, -0.1) is 0 Å². The number of hydrogen-bond acceptors (Lipinski definition) is 7. The highest BCUT2D eigenvalue weighted by atomic mass is 16.5. The van der Waals surface area contributed by atoms with Gasteiger partial charge in [0.05, 0.1) is 38.2 Å². The van der Waals surface area contributed by atoms with Crippen molar-refractivity contribution in [2.24, 2.45) is 11.8 Å². The Balaban J connectivity index is 1.91. The van der Waals surface area contributed by atoms with E-state index >= 15 is 0 Å². The second kappa shape index (κ2) is 9.57. The first-order chi connectivity index (χ1) is 16.0. The Kier molecular flexibility index (Phi) is 6.58. The van der Waals surface area contributed by atoms with Crippen LogP contribution in [0.4, 0.5) is 11.4 Å². The highest BCUT2D eigenvalue weighted by molar-refractivity contribution is 6.11. The lowest BCUT2D eigenvalue weighted by Crippen LogP contribution is -2.39. The second-order valence-electron chi connectivity index (χ2n) is 8.41. The van der Waals surface area contributed by atoms with Crippen LogP contribution >= 0.6 is 0 Å². The van der Waals surface area contributed by atoms with Gasteiger partial charge < -0.3 is 24.8 Å². The molecule has 4 rings (SSSR count). The fourth-order valence-electron chi connectivity index (χ4n) is 4.65. The van der Waals surface area contributed by atoms with Crippen LogP contribution in [-0.4, -0.2) is 32.6 Å². The number of para-hydroxylation sites is 3. The van der Waals surface area contributed by atoms with Crippen LogP contribution in [-0.2, 0) is 14.3 Å². The summed E-state index contributed by atoms with van der Waals surface area (Å²) in [5.41, 5.74) is 3.84. The number of hydrogen-bond donors (Lipinski definition) is 2. The first-order valence-corrected chi connectivity index (χ1v) is 11.3. The van der Waals surface area contributed by atoms with Crippen molar-refractivity contribution in [3.8, 4) is 11.5 Å². The van der Waals surface area contributed by atoms with E-state index in [-0.39, 0.29) is 11.7 Å². The van der Waals surface area contributed by atoms with Crippen LogP contribution in [0.5, 0.6) is 11.5 Å². The van der Waals surface area contributed by atoms with Gasteiger partial charge in [-0.2, -0.15) is 0 Å². The first-order valence-electron chi connectivity index (χ1n) is 11.3. The van der Waals surface area contributed by atoms with E-state index in [1.807, 2.05) is 56.3 Å². The molecule has 0 spiro atoms. The predicted molar refractivity (Wildman–Crippen MR) is 127 cm³/mol. The molecule has 2 aromatic rings. The van der Waals surface area contributed by atoms with Gasteiger partial charge in [0.1, 0.15) is 5.92 Å². The molecule has 2 N–H and O–H groups in total. The van der Waals surface area contributed by atoms with E-state index < -0.39 is 17.9 Å². The smallest absolute Gasteiger partial charge is 0.316 e. The van der Waals surface area contributed by atoms with Crippen molar-refractivity contribution in [1.82, 2.24) is 0 Å². The molecular formula is C26H30N2O5. The third kappa shape index (κ3) is 4.15. The molecule has 7 heteroatoms. The fraction of sp³-hybridized carbons (Fsp3) is 0.385. The van der Waals surface area contributed by atoms with Crippen LogP contribution < -0.4 is 20.1 Å². The van der Waals surface area contributed by atoms with Gasteiger partial charge in [0, 0.05) is 16.8 Å². The van der Waals surface area contributed by atoms with Crippen LogP contribution in [0.25, 0.3) is 0 Å². The summed E-state index contributed by atoms with van der Waals surface area (Å²) in [5.74, 6) is -0.608. The van der Waals surface area contributed by atoms with E-state index in [4.69, 9.17) is 14.2 Å². The number of carbonyl (C=O) groups is 2. The highest BCUT2D eigenvalue weighted by Crippen LogP contribution is 2.47. The molecule has 1 aliphatic heterocycles. The Labute approximate surface area is 194 Å². The fourth-order valence-corrected chi connectivity index (χ4v) is 4.65. The van der Waals surface area contributed by atoms with Gasteiger partial charge in [0.2, 0.25) is 0 Å². The zero-order chi connectivity index (χ0) is 23.5. The largest absolute Gasteiger partial charge is 0.493 e. The second-order valence-corrected chi connectivity index (χ2v) is 8.41. The molecule has 2 aliphatic rings. The molecule has 0 unspecified atom stereocenters. The number of nitrogens with one attached hydrogen (secondary N) is 2. The monoisotopic (exact) mass is 450 g/mol. The van der Waals surface area contributed by atoms with Crippen LogP contribution in [0, 0.1) is 11.8 Å². The van der Waals surface area contributed by atoms with Gasteiger partial charge in [-0.25, -0.2) is 0 Å². The molecule has 0 fully saturated rings. The number of fused-ring (bicyclic) bond motifs is 1. The molecule has 0 saturated carbocycles. The van der Waals surface area contributed by atoms with Gasteiger partial charge in [-0.1, -0.05) is 38.1 Å². The van der Waals surface area contributed by atoms with Crippen LogP contribution in [0.1, 0.15) is 38.3 Å². The van der Waals surface area contributed by atoms with Gasteiger partial charge in [-0.3, -0.25) is 9.59 Å².